The van der Waals surface area contributed by atoms with Crippen LogP contribution in [-0.4, -0.2) is 23.6 Å². The van der Waals surface area contributed by atoms with E-state index in [1.54, 1.807) is 13.3 Å². The minimum absolute atomic E-state index is 0.549. The first-order chi connectivity index (χ1) is 9.76. The molecule has 0 saturated heterocycles. The van der Waals surface area contributed by atoms with Gasteiger partial charge in [0.25, 0.3) is 0 Å². The standard InChI is InChI=1S/C15H18BrN3O/c1-3-4-10-19(12-8-6-5-7-9-12)15-17-11-13(16)14(18-15)20-2/h5-9,11H,3-4,10H2,1-2H3. The zero-order valence-electron chi connectivity index (χ0n) is 11.7. The molecule has 0 amide bonds. The van der Waals surface area contributed by atoms with Crippen LogP contribution in [0.5, 0.6) is 5.88 Å². The van der Waals surface area contributed by atoms with E-state index in [-0.39, 0.29) is 0 Å². The van der Waals surface area contributed by atoms with Crippen LogP contribution in [0, 0.1) is 0 Å². The average molecular weight is 336 g/mol. The molecule has 20 heavy (non-hydrogen) atoms. The Morgan fingerprint density at radius 2 is 2.00 bits per heavy atom. The zero-order chi connectivity index (χ0) is 14.4. The Labute approximate surface area is 127 Å². The van der Waals surface area contributed by atoms with Crippen LogP contribution in [0.2, 0.25) is 0 Å². The minimum atomic E-state index is 0.549. The summed E-state index contributed by atoms with van der Waals surface area (Å²) in [6, 6.07) is 10.2. The Morgan fingerprint density at radius 3 is 2.65 bits per heavy atom. The van der Waals surface area contributed by atoms with E-state index >= 15 is 0 Å². The van der Waals surface area contributed by atoms with Gasteiger partial charge in [0.15, 0.2) is 0 Å². The van der Waals surface area contributed by atoms with Gasteiger partial charge in [-0.25, -0.2) is 4.98 Å². The van der Waals surface area contributed by atoms with Crippen molar-refractivity contribution in [3.63, 3.8) is 0 Å². The van der Waals surface area contributed by atoms with Gasteiger partial charge in [-0.05, 0) is 34.5 Å². The Morgan fingerprint density at radius 1 is 1.25 bits per heavy atom. The lowest BCUT2D eigenvalue weighted by Crippen LogP contribution is -2.21. The molecule has 5 heteroatoms. The Kier molecular flexibility index (Phi) is 5.35. The van der Waals surface area contributed by atoms with E-state index in [9.17, 15) is 0 Å². The first-order valence-electron chi connectivity index (χ1n) is 6.65. The highest BCUT2D eigenvalue weighted by Crippen LogP contribution is 2.27. The van der Waals surface area contributed by atoms with E-state index in [2.05, 4.69) is 49.9 Å². The fourth-order valence-electron chi connectivity index (χ4n) is 1.88. The molecule has 0 radical (unpaired) electrons. The van der Waals surface area contributed by atoms with E-state index < -0.39 is 0 Å². The monoisotopic (exact) mass is 335 g/mol. The first kappa shape index (κ1) is 14.8. The van der Waals surface area contributed by atoms with Crippen LogP contribution in [0.4, 0.5) is 11.6 Å². The van der Waals surface area contributed by atoms with E-state index in [1.807, 2.05) is 18.2 Å². The van der Waals surface area contributed by atoms with E-state index in [0.717, 1.165) is 29.5 Å². The first-order valence-corrected chi connectivity index (χ1v) is 7.44. The van der Waals surface area contributed by atoms with Gasteiger partial charge in [0, 0.05) is 12.2 Å². The lowest BCUT2D eigenvalue weighted by Gasteiger charge is -2.22. The van der Waals surface area contributed by atoms with Crippen LogP contribution in [0.15, 0.2) is 41.0 Å². The molecule has 1 heterocycles. The molecular formula is C15H18BrN3O. The third-order valence-corrected chi connectivity index (χ3v) is 3.48. The van der Waals surface area contributed by atoms with Gasteiger partial charge in [-0.15, -0.1) is 0 Å². The van der Waals surface area contributed by atoms with E-state index in [1.165, 1.54) is 0 Å². The summed E-state index contributed by atoms with van der Waals surface area (Å²) >= 11 is 3.38. The number of methoxy groups -OCH3 is 1. The number of halogens is 1. The van der Waals surface area contributed by atoms with Gasteiger partial charge < -0.3 is 9.64 Å². The molecule has 0 aliphatic carbocycles. The third kappa shape index (κ3) is 3.48. The molecule has 0 unspecified atom stereocenters. The quantitative estimate of drug-likeness (QED) is 0.793. The molecule has 0 bridgehead atoms. The Bertz CT molecular complexity index is 548. The molecule has 0 spiro atoms. The molecule has 0 aliphatic heterocycles. The highest BCUT2D eigenvalue weighted by atomic mass is 79.9. The SMILES string of the molecule is CCCCN(c1ccccc1)c1ncc(Br)c(OC)n1. The molecular weight excluding hydrogens is 318 g/mol. The number of aromatic nitrogens is 2. The number of anilines is 2. The van der Waals surface area contributed by atoms with Crippen LogP contribution >= 0.6 is 15.9 Å². The molecule has 0 saturated carbocycles. The van der Waals surface area contributed by atoms with Gasteiger partial charge in [0.05, 0.1) is 17.8 Å². The molecule has 0 aliphatic rings. The molecule has 0 N–H and O–H groups in total. The normalized spacial score (nSPS) is 10.3. The number of unbranched alkanes of at least 4 members (excludes halogenated alkanes) is 1. The van der Waals surface area contributed by atoms with Crippen molar-refractivity contribution in [1.29, 1.82) is 0 Å². The summed E-state index contributed by atoms with van der Waals surface area (Å²) in [6.07, 6.45) is 3.93. The molecule has 2 aromatic rings. The van der Waals surface area contributed by atoms with Gasteiger partial charge in [0.2, 0.25) is 11.8 Å². The molecule has 0 fully saturated rings. The van der Waals surface area contributed by atoms with Crippen LogP contribution in [0.3, 0.4) is 0 Å². The van der Waals surface area contributed by atoms with Crippen molar-refractivity contribution >= 4 is 27.6 Å². The topological polar surface area (TPSA) is 38.2 Å². The zero-order valence-corrected chi connectivity index (χ0v) is 13.3. The Balaban J connectivity index is 2.36. The third-order valence-electron chi connectivity index (χ3n) is 2.94. The summed E-state index contributed by atoms with van der Waals surface area (Å²) in [7, 11) is 1.61. The predicted octanol–water partition coefficient (Wildman–Crippen LogP) is 4.19. The summed E-state index contributed by atoms with van der Waals surface area (Å²) in [5.41, 5.74) is 1.09. The molecule has 1 aromatic carbocycles. The minimum Gasteiger partial charge on any atom is -0.480 e. The van der Waals surface area contributed by atoms with Crippen molar-refractivity contribution in [3.8, 4) is 5.88 Å². The lowest BCUT2D eigenvalue weighted by molar-refractivity contribution is 0.394. The van der Waals surface area contributed by atoms with Crippen LogP contribution in [0.25, 0.3) is 0 Å². The maximum Gasteiger partial charge on any atom is 0.233 e. The average Bonchev–Trinajstić information content (AvgIpc) is 2.50. The van der Waals surface area contributed by atoms with Crippen LogP contribution in [-0.2, 0) is 0 Å². The largest absolute Gasteiger partial charge is 0.480 e. The molecule has 4 nitrogen and oxygen atoms in total. The second kappa shape index (κ2) is 7.24. The van der Waals surface area contributed by atoms with Crippen molar-refractivity contribution in [3.05, 3.63) is 41.0 Å². The van der Waals surface area contributed by atoms with E-state index in [4.69, 9.17) is 4.74 Å². The van der Waals surface area contributed by atoms with Crippen molar-refractivity contribution in [2.24, 2.45) is 0 Å². The highest BCUT2D eigenvalue weighted by Gasteiger charge is 2.14. The number of nitrogens with zero attached hydrogens (tertiary/aromatic N) is 3. The molecule has 106 valence electrons. The number of hydrogen-bond donors (Lipinski definition) is 0. The summed E-state index contributed by atoms with van der Waals surface area (Å²) in [6.45, 7) is 3.05. The Hall–Kier alpha value is -1.62. The molecule has 1 aromatic heterocycles. The number of ether oxygens (including phenoxy) is 1. The van der Waals surface area contributed by atoms with Gasteiger partial charge in [0.1, 0.15) is 0 Å². The fraction of sp³-hybridized carbons (Fsp3) is 0.333. The summed E-state index contributed by atoms with van der Waals surface area (Å²) in [4.78, 5) is 11.0. The number of para-hydroxylation sites is 1. The highest BCUT2D eigenvalue weighted by molar-refractivity contribution is 9.10. The van der Waals surface area contributed by atoms with E-state index in [0.29, 0.717) is 11.8 Å². The van der Waals surface area contributed by atoms with Crippen molar-refractivity contribution in [1.82, 2.24) is 9.97 Å². The van der Waals surface area contributed by atoms with Gasteiger partial charge in [-0.1, -0.05) is 31.5 Å². The fourth-order valence-corrected chi connectivity index (χ4v) is 2.24. The molecule has 2 rings (SSSR count). The maximum absolute atomic E-state index is 5.25. The predicted molar refractivity (Wildman–Crippen MR) is 84.6 cm³/mol. The van der Waals surface area contributed by atoms with Crippen molar-refractivity contribution in [2.75, 3.05) is 18.6 Å². The number of hydrogen-bond acceptors (Lipinski definition) is 4. The number of benzene rings is 1. The van der Waals surface area contributed by atoms with Gasteiger partial charge >= 0.3 is 0 Å². The summed E-state index contributed by atoms with van der Waals surface area (Å²) < 4.78 is 6.01. The second-order valence-corrected chi connectivity index (χ2v) is 5.22. The number of rotatable bonds is 6. The van der Waals surface area contributed by atoms with Crippen molar-refractivity contribution in [2.45, 2.75) is 19.8 Å². The van der Waals surface area contributed by atoms with Crippen LogP contribution < -0.4 is 9.64 Å². The smallest absolute Gasteiger partial charge is 0.233 e. The van der Waals surface area contributed by atoms with Gasteiger partial charge in [-0.3, -0.25) is 0 Å². The second-order valence-electron chi connectivity index (χ2n) is 4.37. The lowest BCUT2D eigenvalue weighted by atomic mass is 10.2. The van der Waals surface area contributed by atoms with Crippen molar-refractivity contribution < 1.29 is 4.74 Å². The summed E-state index contributed by atoms with van der Waals surface area (Å²) in [5.74, 6) is 1.21. The van der Waals surface area contributed by atoms with Gasteiger partial charge in [-0.2, -0.15) is 4.98 Å². The summed E-state index contributed by atoms with van der Waals surface area (Å²) in [5, 5.41) is 0. The molecule has 0 atom stereocenters. The maximum atomic E-state index is 5.25. The van der Waals surface area contributed by atoms with Crippen LogP contribution in [0.1, 0.15) is 19.8 Å².